The number of nitriles is 1. The van der Waals surface area contributed by atoms with Gasteiger partial charge in [-0.15, -0.1) is 0 Å². The average molecular weight is 460 g/mol. The molecule has 4 nitrogen and oxygen atoms in total. The van der Waals surface area contributed by atoms with Gasteiger partial charge in [-0.2, -0.15) is 5.26 Å². The van der Waals surface area contributed by atoms with E-state index in [9.17, 15) is 10.1 Å². The van der Waals surface area contributed by atoms with Crippen LogP contribution in [0.1, 0.15) is 112 Å². The van der Waals surface area contributed by atoms with Gasteiger partial charge in [0.15, 0.2) is 0 Å². The van der Waals surface area contributed by atoms with Crippen LogP contribution >= 0.6 is 0 Å². The van der Waals surface area contributed by atoms with E-state index in [0.29, 0.717) is 17.8 Å². The van der Waals surface area contributed by atoms with Gasteiger partial charge < -0.3 is 0 Å². The van der Waals surface area contributed by atoms with Crippen LogP contribution in [0.5, 0.6) is 0 Å². The summed E-state index contributed by atoms with van der Waals surface area (Å²) in [6.45, 7) is 5.08. The van der Waals surface area contributed by atoms with Gasteiger partial charge in [0.05, 0.1) is 17.3 Å². The second kappa shape index (κ2) is 11.8. The number of aromatic nitrogens is 2. The highest BCUT2D eigenvalue weighted by Gasteiger charge is 2.27. The standard InChI is InChI=1S/C30H41N3O/c1-3-4-14-29-28(30(34)33(22(2)32-29)21-24-10-6-5-7-11-24)19-23-15-17-25(18-16-23)27-13-9-8-12-26(27)20-31/h8-9,12-13,23-25H,3-7,10-11,14-19,21H2,1-2H3. The molecule has 0 unspecified atom stereocenters. The van der Waals surface area contributed by atoms with Gasteiger partial charge in [0.2, 0.25) is 0 Å². The molecule has 0 saturated heterocycles. The third kappa shape index (κ3) is 5.80. The molecule has 2 saturated carbocycles. The number of nitrogens with zero attached hydrogens (tertiary/aromatic N) is 3. The van der Waals surface area contributed by atoms with Gasteiger partial charge in [-0.25, -0.2) is 4.98 Å². The molecule has 2 aromatic rings. The summed E-state index contributed by atoms with van der Waals surface area (Å²) in [4.78, 5) is 18.8. The van der Waals surface area contributed by atoms with Gasteiger partial charge in [-0.05, 0) is 94.1 Å². The molecule has 2 fully saturated rings. The molecule has 0 N–H and O–H groups in total. The topological polar surface area (TPSA) is 58.7 Å². The average Bonchev–Trinajstić information content (AvgIpc) is 2.88. The Morgan fingerprint density at radius 2 is 1.76 bits per heavy atom. The van der Waals surface area contributed by atoms with Crippen LogP contribution in [0.15, 0.2) is 29.1 Å². The molecule has 0 spiro atoms. The van der Waals surface area contributed by atoms with Gasteiger partial charge in [0.1, 0.15) is 5.82 Å². The van der Waals surface area contributed by atoms with E-state index >= 15 is 0 Å². The highest BCUT2D eigenvalue weighted by Crippen LogP contribution is 2.38. The van der Waals surface area contributed by atoms with Gasteiger partial charge >= 0.3 is 0 Å². The second-order valence-electron chi connectivity index (χ2n) is 10.7. The maximum Gasteiger partial charge on any atom is 0.256 e. The second-order valence-corrected chi connectivity index (χ2v) is 10.7. The Bertz CT molecular complexity index is 1050. The van der Waals surface area contributed by atoms with Crippen molar-refractivity contribution in [1.29, 1.82) is 5.26 Å². The molecule has 34 heavy (non-hydrogen) atoms. The highest BCUT2D eigenvalue weighted by molar-refractivity contribution is 5.39. The molecule has 0 amide bonds. The summed E-state index contributed by atoms with van der Waals surface area (Å²) in [5.41, 5.74) is 4.32. The van der Waals surface area contributed by atoms with Crippen LogP contribution in [0.4, 0.5) is 0 Å². The minimum absolute atomic E-state index is 0.237. The summed E-state index contributed by atoms with van der Waals surface area (Å²) in [5, 5.41) is 9.50. The molecule has 2 aliphatic rings. The summed E-state index contributed by atoms with van der Waals surface area (Å²) in [6.07, 6.45) is 14.8. The summed E-state index contributed by atoms with van der Waals surface area (Å²) < 4.78 is 2.01. The number of unbranched alkanes of at least 4 members (excludes halogenated alkanes) is 1. The van der Waals surface area contributed by atoms with E-state index < -0.39 is 0 Å². The molecule has 0 radical (unpaired) electrons. The van der Waals surface area contributed by atoms with E-state index in [4.69, 9.17) is 4.98 Å². The van der Waals surface area contributed by atoms with Gasteiger partial charge in [0, 0.05) is 12.1 Å². The van der Waals surface area contributed by atoms with Crippen molar-refractivity contribution in [3.63, 3.8) is 0 Å². The zero-order valence-electron chi connectivity index (χ0n) is 21.2. The van der Waals surface area contributed by atoms with E-state index in [1.807, 2.05) is 23.6 Å². The molecule has 1 aromatic heterocycles. The SMILES string of the molecule is CCCCc1nc(C)n(CC2CCCCC2)c(=O)c1CC1CCC(c2ccccc2C#N)CC1. The predicted molar refractivity (Wildman–Crippen MR) is 138 cm³/mol. The maximum atomic E-state index is 13.8. The van der Waals surface area contributed by atoms with Crippen molar-refractivity contribution in [2.24, 2.45) is 11.8 Å². The quantitative estimate of drug-likeness (QED) is 0.433. The lowest BCUT2D eigenvalue weighted by Crippen LogP contribution is -2.33. The first-order valence-corrected chi connectivity index (χ1v) is 13.7. The molecule has 0 atom stereocenters. The Labute approximate surface area is 205 Å². The summed E-state index contributed by atoms with van der Waals surface area (Å²) in [7, 11) is 0. The first-order valence-electron chi connectivity index (χ1n) is 13.7. The Kier molecular flexibility index (Phi) is 8.59. The Morgan fingerprint density at radius 3 is 2.47 bits per heavy atom. The lowest BCUT2D eigenvalue weighted by Gasteiger charge is -2.30. The molecule has 182 valence electrons. The summed E-state index contributed by atoms with van der Waals surface area (Å²) in [5.74, 6) is 2.52. The van der Waals surface area contributed by atoms with Crippen molar-refractivity contribution in [1.82, 2.24) is 9.55 Å². The zero-order chi connectivity index (χ0) is 23.9. The van der Waals surface area contributed by atoms with Crippen molar-refractivity contribution in [3.8, 4) is 6.07 Å². The van der Waals surface area contributed by atoms with E-state index in [-0.39, 0.29) is 5.56 Å². The molecular weight excluding hydrogens is 418 g/mol. The van der Waals surface area contributed by atoms with Crippen LogP contribution in [-0.4, -0.2) is 9.55 Å². The van der Waals surface area contributed by atoms with E-state index in [0.717, 1.165) is 80.6 Å². The molecule has 1 heterocycles. The molecule has 2 aliphatic carbocycles. The van der Waals surface area contributed by atoms with Gasteiger partial charge in [-0.1, -0.05) is 50.8 Å². The fourth-order valence-electron chi connectivity index (χ4n) is 6.28. The van der Waals surface area contributed by atoms with E-state index in [1.165, 1.54) is 37.7 Å². The number of hydrogen-bond donors (Lipinski definition) is 0. The first-order chi connectivity index (χ1) is 16.6. The molecular formula is C30H41N3O. The van der Waals surface area contributed by atoms with Crippen molar-refractivity contribution >= 4 is 0 Å². The Hall–Kier alpha value is -2.41. The van der Waals surface area contributed by atoms with Crippen LogP contribution in [0.2, 0.25) is 0 Å². The largest absolute Gasteiger partial charge is 0.296 e. The fourth-order valence-corrected chi connectivity index (χ4v) is 6.28. The van der Waals surface area contributed by atoms with Crippen LogP contribution in [0.3, 0.4) is 0 Å². The fraction of sp³-hybridized carbons (Fsp3) is 0.633. The Morgan fingerprint density at radius 1 is 1.03 bits per heavy atom. The molecule has 4 heteroatoms. The lowest BCUT2D eigenvalue weighted by atomic mass is 9.75. The summed E-state index contributed by atoms with van der Waals surface area (Å²) >= 11 is 0. The maximum absolute atomic E-state index is 13.8. The molecule has 1 aromatic carbocycles. The minimum atomic E-state index is 0.237. The van der Waals surface area contributed by atoms with Crippen molar-refractivity contribution in [2.75, 3.05) is 0 Å². The minimum Gasteiger partial charge on any atom is -0.296 e. The summed E-state index contributed by atoms with van der Waals surface area (Å²) in [6, 6.07) is 10.4. The number of rotatable bonds is 8. The van der Waals surface area contributed by atoms with Crippen LogP contribution in [0, 0.1) is 30.1 Å². The predicted octanol–water partition coefficient (Wildman–Crippen LogP) is 6.86. The monoisotopic (exact) mass is 459 g/mol. The molecule has 0 bridgehead atoms. The first kappa shape index (κ1) is 24.7. The normalized spacial score (nSPS) is 21.3. The van der Waals surface area contributed by atoms with Crippen LogP contribution in [0.25, 0.3) is 0 Å². The molecule has 4 rings (SSSR count). The third-order valence-electron chi connectivity index (χ3n) is 8.33. The van der Waals surface area contributed by atoms with Crippen molar-refractivity contribution < 1.29 is 0 Å². The van der Waals surface area contributed by atoms with Gasteiger partial charge in [-0.3, -0.25) is 9.36 Å². The van der Waals surface area contributed by atoms with Crippen molar-refractivity contribution in [3.05, 3.63) is 62.8 Å². The number of hydrogen-bond acceptors (Lipinski definition) is 3. The Balaban J connectivity index is 1.51. The highest BCUT2D eigenvalue weighted by atomic mass is 16.1. The number of aryl methyl sites for hydroxylation is 2. The molecule has 0 aliphatic heterocycles. The lowest BCUT2D eigenvalue weighted by molar-refractivity contribution is 0.307. The van der Waals surface area contributed by atoms with Crippen LogP contribution < -0.4 is 5.56 Å². The third-order valence-corrected chi connectivity index (χ3v) is 8.33. The smallest absolute Gasteiger partial charge is 0.256 e. The van der Waals surface area contributed by atoms with Crippen LogP contribution in [-0.2, 0) is 19.4 Å². The number of benzene rings is 1. The van der Waals surface area contributed by atoms with E-state index in [2.05, 4.69) is 25.1 Å². The zero-order valence-corrected chi connectivity index (χ0v) is 21.2. The van der Waals surface area contributed by atoms with E-state index in [1.54, 1.807) is 0 Å². The van der Waals surface area contributed by atoms with Gasteiger partial charge in [0.25, 0.3) is 5.56 Å². The van der Waals surface area contributed by atoms with Crippen molar-refractivity contribution in [2.45, 2.75) is 110 Å².